The molecule has 1 aliphatic heterocycles. The van der Waals surface area contributed by atoms with Gasteiger partial charge in [-0.05, 0) is 44.2 Å². The van der Waals surface area contributed by atoms with Crippen LogP contribution in [0.2, 0.25) is 0 Å². The van der Waals surface area contributed by atoms with Gasteiger partial charge >= 0.3 is 0 Å². The molecule has 8 nitrogen and oxygen atoms in total. The third kappa shape index (κ3) is 4.21. The molecule has 1 aliphatic rings. The number of sulfonamides is 1. The van der Waals surface area contributed by atoms with E-state index in [9.17, 15) is 18.0 Å². The molecule has 2 heterocycles. The Hall–Kier alpha value is -3.30. The zero-order chi connectivity index (χ0) is 22.9. The van der Waals surface area contributed by atoms with Crippen LogP contribution in [0.5, 0.6) is 0 Å². The summed E-state index contributed by atoms with van der Waals surface area (Å²) in [6.45, 7) is 4.27. The van der Waals surface area contributed by atoms with E-state index in [0.717, 1.165) is 11.4 Å². The molecule has 0 unspecified atom stereocenters. The van der Waals surface area contributed by atoms with Crippen molar-refractivity contribution in [2.45, 2.75) is 18.7 Å². The lowest BCUT2D eigenvalue weighted by molar-refractivity contribution is 0.0691. The average molecular weight is 453 g/mol. The van der Waals surface area contributed by atoms with E-state index < -0.39 is 10.0 Å². The summed E-state index contributed by atoms with van der Waals surface area (Å²) in [6.07, 6.45) is 0. The van der Waals surface area contributed by atoms with Gasteiger partial charge in [0.05, 0.1) is 10.6 Å². The molecule has 9 heteroatoms. The summed E-state index contributed by atoms with van der Waals surface area (Å²) < 4.78 is 29.0. The Labute approximate surface area is 187 Å². The van der Waals surface area contributed by atoms with E-state index in [1.165, 1.54) is 35.5 Å². The monoisotopic (exact) mass is 452 g/mol. The van der Waals surface area contributed by atoms with Gasteiger partial charge in [-0.3, -0.25) is 9.59 Å². The van der Waals surface area contributed by atoms with Gasteiger partial charge in [0.1, 0.15) is 0 Å². The van der Waals surface area contributed by atoms with Gasteiger partial charge in [0.2, 0.25) is 10.0 Å². The first kappa shape index (κ1) is 21.9. The number of hydrogen-bond acceptors (Lipinski definition) is 5. The highest BCUT2D eigenvalue weighted by atomic mass is 32.2. The van der Waals surface area contributed by atoms with Gasteiger partial charge in [0, 0.05) is 37.4 Å². The lowest BCUT2D eigenvalue weighted by atomic mass is 10.2. The van der Waals surface area contributed by atoms with Gasteiger partial charge in [0.25, 0.3) is 5.91 Å². The lowest BCUT2D eigenvalue weighted by Crippen LogP contribution is -2.50. The minimum absolute atomic E-state index is 0.119. The van der Waals surface area contributed by atoms with E-state index in [1.807, 2.05) is 37.3 Å². The maximum atomic E-state index is 13.0. The molecule has 32 heavy (non-hydrogen) atoms. The van der Waals surface area contributed by atoms with Crippen LogP contribution in [0.1, 0.15) is 33.5 Å². The number of benzene rings is 2. The Morgan fingerprint density at radius 3 is 2.12 bits per heavy atom. The van der Waals surface area contributed by atoms with Gasteiger partial charge in [-0.25, -0.2) is 13.1 Å². The molecule has 0 bridgehead atoms. The SMILES string of the molecule is CC(=O)c1ccc(S(=O)(=O)N2CCN(C(=O)c3cc(C)n(-c4ccccc4)n3)CC2)cc1. The molecule has 166 valence electrons. The smallest absolute Gasteiger partial charge is 0.274 e. The number of carbonyl (C=O) groups is 2. The van der Waals surface area contributed by atoms with Gasteiger partial charge < -0.3 is 4.90 Å². The fourth-order valence-electron chi connectivity index (χ4n) is 3.71. The van der Waals surface area contributed by atoms with Crippen LogP contribution in [0, 0.1) is 6.92 Å². The predicted octanol–water partition coefficient (Wildman–Crippen LogP) is 2.53. The molecule has 1 amide bonds. The van der Waals surface area contributed by atoms with Crippen molar-refractivity contribution in [3.8, 4) is 5.69 Å². The second kappa shape index (κ2) is 8.68. The molecule has 0 atom stereocenters. The topological polar surface area (TPSA) is 92.6 Å². The second-order valence-corrected chi connectivity index (χ2v) is 9.63. The second-order valence-electron chi connectivity index (χ2n) is 7.70. The van der Waals surface area contributed by atoms with Crippen molar-refractivity contribution in [3.63, 3.8) is 0 Å². The van der Waals surface area contributed by atoms with Crippen LogP contribution >= 0.6 is 0 Å². The predicted molar refractivity (Wildman–Crippen MR) is 119 cm³/mol. The first-order valence-electron chi connectivity index (χ1n) is 10.3. The minimum Gasteiger partial charge on any atom is -0.335 e. The molecule has 1 saturated heterocycles. The molecule has 0 radical (unpaired) electrons. The van der Waals surface area contributed by atoms with Crippen molar-refractivity contribution >= 4 is 21.7 Å². The standard InChI is InChI=1S/C23H24N4O4S/c1-17-16-22(24-27(17)20-6-4-3-5-7-20)23(29)25-12-14-26(15-13-25)32(30,31)21-10-8-19(9-11-21)18(2)28/h3-11,16H,12-15H2,1-2H3. The Bertz CT molecular complexity index is 1240. The van der Waals surface area contributed by atoms with Gasteiger partial charge in [-0.2, -0.15) is 9.40 Å². The van der Waals surface area contributed by atoms with E-state index in [2.05, 4.69) is 5.10 Å². The van der Waals surface area contributed by atoms with E-state index in [4.69, 9.17) is 0 Å². The number of nitrogens with zero attached hydrogens (tertiary/aromatic N) is 4. The Balaban J connectivity index is 1.44. The fourth-order valence-corrected chi connectivity index (χ4v) is 5.14. The van der Waals surface area contributed by atoms with E-state index >= 15 is 0 Å². The number of carbonyl (C=O) groups excluding carboxylic acids is 2. The van der Waals surface area contributed by atoms with Gasteiger partial charge in [-0.15, -0.1) is 0 Å². The number of Topliss-reactive ketones (excluding diaryl/α,β-unsaturated/α-hetero) is 1. The number of hydrogen-bond donors (Lipinski definition) is 0. The number of piperazine rings is 1. The number of aryl methyl sites for hydroxylation is 1. The normalized spacial score (nSPS) is 15.0. The highest BCUT2D eigenvalue weighted by Gasteiger charge is 2.31. The summed E-state index contributed by atoms with van der Waals surface area (Å²) in [5.74, 6) is -0.336. The maximum absolute atomic E-state index is 13.0. The first-order chi connectivity index (χ1) is 15.3. The van der Waals surface area contributed by atoms with Crippen LogP contribution in [0.15, 0.2) is 65.6 Å². The van der Waals surface area contributed by atoms with Crippen molar-refractivity contribution in [3.05, 3.63) is 77.6 Å². The minimum atomic E-state index is -3.69. The van der Waals surface area contributed by atoms with Crippen LogP contribution in [-0.4, -0.2) is 65.3 Å². The highest BCUT2D eigenvalue weighted by molar-refractivity contribution is 7.89. The number of aromatic nitrogens is 2. The molecule has 1 aromatic heterocycles. The van der Waals surface area contributed by atoms with Crippen LogP contribution < -0.4 is 0 Å². The maximum Gasteiger partial charge on any atom is 0.274 e. The quantitative estimate of drug-likeness (QED) is 0.555. The Morgan fingerprint density at radius 2 is 1.53 bits per heavy atom. The lowest BCUT2D eigenvalue weighted by Gasteiger charge is -2.33. The molecule has 3 aromatic rings. The van der Waals surface area contributed by atoms with Gasteiger partial charge in [0.15, 0.2) is 11.5 Å². The number of para-hydroxylation sites is 1. The Kier molecular flexibility index (Phi) is 5.94. The Morgan fingerprint density at radius 1 is 0.906 bits per heavy atom. The molecule has 0 N–H and O–H groups in total. The summed E-state index contributed by atoms with van der Waals surface area (Å²) in [6, 6.07) is 17.2. The number of rotatable bonds is 5. The fraction of sp³-hybridized carbons (Fsp3) is 0.261. The average Bonchev–Trinajstić information content (AvgIpc) is 3.21. The van der Waals surface area contributed by atoms with Crippen molar-refractivity contribution in [2.24, 2.45) is 0 Å². The third-order valence-electron chi connectivity index (χ3n) is 5.53. The largest absolute Gasteiger partial charge is 0.335 e. The molecule has 0 saturated carbocycles. The molecular weight excluding hydrogens is 428 g/mol. The molecule has 0 aliphatic carbocycles. The van der Waals surface area contributed by atoms with Gasteiger partial charge in [-0.1, -0.05) is 30.3 Å². The zero-order valence-corrected chi connectivity index (χ0v) is 18.7. The summed E-state index contributed by atoms with van der Waals surface area (Å²) in [5.41, 5.74) is 2.51. The molecule has 0 spiro atoms. The summed E-state index contributed by atoms with van der Waals surface area (Å²) >= 11 is 0. The summed E-state index contributed by atoms with van der Waals surface area (Å²) in [5, 5.41) is 4.46. The van der Waals surface area contributed by atoms with E-state index in [1.54, 1.807) is 15.6 Å². The van der Waals surface area contributed by atoms with Crippen molar-refractivity contribution in [2.75, 3.05) is 26.2 Å². The summed E-state index contributed by atoms with van der Waals surface area (Å²) in [7, 11) is -3.69. The van der Waals surface area contributed by atoms with Crippen LogP contribution in [-0.2, 0) is 10.0 Å². The first-order valence-corrected chi connectivity index (χ1v) is 11.7. The third-order valence-corrected chi connectivity index (χ3v) is 7.44. The highest BCUT2D eigenvalue weighted by Crippen LogP contribution is 2.20. The van der Waals surface area contributed by atoms with Crippen molar-refractivity contribution < 1.29 is 18.0 Å². The van der Waals surface area contributed by atoms with Crippen LogP contribution in [0.4, 0.5) is 0 Å². The summed E-state index contributed by atoms with van der Waals surface area (Å²) in [4.78, 5) is 26.2. The molecule has 1 fully saturated rings. The molecular formula is C23H24N4O4S. The van der Waals surface area contributed by atoms with Crippen LogP contribution in [0.3, 0.4) is 0 Å². The van der Waals surface area contributed by atoms with E-state index in [-0.39, 0.29) is 42.8 Å². The molecule has 2 aromatic carbocycles. The van der Waals surface area contributed by atoms with Crippen LogP contribution in [0.25, 0.3) is 5.69 Å². The number of amides is 1. The van der Waals surface area contributed by atoms with Crippen molar-refractivity contribution in [1.82, 2.24) is 19.0 Å². The van der Waals surface area contributed by atoms with Crippen molar-refractivity contribution in [1.29, 1.82) is 0 Å². The number of ketones is 1. The van der Waals surface area contributed by atoms with E-state index in [0.29, 0.717) is 11.3 Å². The zero-order valence-electron chi connectivity index (χ0n) is 17.9. The molecule has 4 rings (SSSR count).